The maximum Gasteiger partial charge on any atom is 0.204 e. The zero-order chi connectivity index (χ0) is 12.5. The van der Waals surface area contributed by atoms with E-state index in [1.54, 1.807) is 6.20 Å². The fourth-order valence-electron chi connectivity index (χ4n) is 2.38. The van der Waals surface area contributed by atoms with E-state index in [9.17, 15) is 4.79 Å². The van der Waals surface area contributed by atoms with E-state index < -0.39 is 0 Å². The summed E-state index contributed by atoms with van der Waals surface area (Å²) in [6.45, 7) is 1.93. The van der Waals surface area contributed by atoms with Gasteiger partial charge in [-0.1, -0.05) is 30.7 Å². The van der Waals surface area contributed by atoms with E-state index in [-0.39, 0.29) is 5.78 Å². The number of rotatable bonds is 3. The first kappa shape index (κ1) is 11.6. The average molecular weight is 257 g/mol. The first-order valence-electron chi connectivity index (χ1n) is 6.32. The van der Waals surface area contributed by atoms with Crippen LogP contribution in [-0.4, -0.2) is 10.8 Å². The van der Waals surface area contributed by atoms with Gasteiger partial charge >= 0.3 is 0 Å². The van der Waals surface area contributed by atoms with Crippen molar-refractivity contribution < 1.29 is 4.79 Å². The number of aromatic nitrogens is 1. The lowest BCUT2D eigenvalue weighted by molar-refractivity contribution is 0.104. The van der Waals surface area contributed by atoms with Gasteiger partial charge in [0.2, 0.25) is 5.78 Å². The minimum Gasteiger partial charge on any atom is -0.288 e. The van der Waals surface area contributed by atoms with E-state index in [4.69, 9.17) is 0 Å². The molecule has 1 aliphatic rings. The standard InChI is InChI=1S/C15H15NOS/c1-10-16-9-14(18-10)15(17)13-8-3-2-7-12(13)11-5-4-6-11/h2-3,7-9,11H,4-6H2,1H3. The molecule has 0 aliphatic heterocycles. The molecule has 1 aromatic carbocycles. The van der Waals surface area contributed by atoms with Crippen molar-refractivity contribution in [2.45, 2.75) is 32.1 Å². The molecule has 92 valence electrons. The van der Waals surface area contributed by atoms with Gasteiger partial charge in [0.05, 0.1) is 9.88 Å². The number of thiazole rings is 1. The van der Waals surface area contributed by atoms with E-state index in [0.29, 0.717) is 5.92 Å². The van der Waals surface area contributed by atoms with Gasteiger partial charge in [0.15, 0.2) is 0 Å². The maximum absolute atomic E-state index is 12.5. The Morgan fingerprint density at radius 3 is 2.72 bits per heavy atom. The van der Waals surface area contributed by atoms with Gasteiger partial charge in [-0.3, -0.25) is 4.79 Å². The molecule has 3 heteroatoms. The Balaban J connectivity index is 1.98. The summed E-state index contributed by atoms with van der Waals surface area (Å²) in [5.74, 6) is 0.710. The summed E-state index contributed by atoms with van der Waals surface area (Å²) in [6.07, 6.45) is 5.41. The first-order valence-corrected chi connectivity index (χ1v) is 7.13. The maximum atomic E-state index is 12.5. The number of nitrogens with zero attached hydrogens (tertiary/aromatic N) is 1. The van der Waals surface area contributed by atoms with E-state index in [1.165, 1.54) is 36.2 Å². The lowest BCUT2D eigenvalue weighted by Crippen LogP contribution is -2.13. The molecular weight excluding hydrogens is 242 g/mol. The Kier molecular flexibility index (Phi) is 3.00. The van der Waals surface area contributed by atoms with Gasteiger partial charge in [0.1, 0.15) is 0 Å². The van der Waals surface area contributed by atoms with Crippen LogP contribution in [0, 0.1) is 6.92 Å². The molecule has 0 saturated heterocycles. The quantitative estimate of drug-likeness (QED) is 0.779. The molecule has 1 fully saturated rings. The fourth-order valence-corrected chi connectivity index (χ4v) is 3.11. The summed E-state index contributed by atoms with van der Waals surface area (Å²) in [7, 11) is 0. The van der Waals surface area contributed by atoms with Crippen LogP contribution in [0.25, 0.3) is 0 Å². The van der Waals surface area contributed by atoms with Gasteiger partial charge in [-0.05, 0) is 31.2 Å². The molecule has 0 atom stereocenters. The zero-order valence-electron chi connectivity index (χ0n) is 10.3. The predicted octanol–water partition coefficient (Wildman–Crippen LogP) is 3.95. The normalized spacial score (nSPS) is 15.4. The van der Waals surface area contributed by atoms with Crippen molar-refractivity contribution in [2.75, 3.05) is 0 Å². The lowest BCUT2D eigenvalue weighted by atomic mass is 9.77. The van der Waals surface area contributed by atoms with Crippen LogP contribution >= 0.6 is 11.3 Å². The van der Waals surface area contributed by atoms with Crippen molar-refractivity contribution in [3.63, 3.8) is 0 Å². The second kappa shape index (κ2) is 4.65. The molecule has 18 heavy (non-hydrogen) atoms. The van der Waals surface area contributed by atoms with Crippen molar-refractivity contribution in [2.24, 2.45) is 0 Å². The summed E-state index contributed by atoms with van der Waals surface area (Å²) in [6, 6.07) is 8.03. The molecule has 0 bridgehead atoms. The van der Waals surface area contributed by atoms with Crippen LogP contribution in [0.5, 0.6) is 0 Å². The highest BCUT2D eigenvalue weighted by Crippen LogP contribution is 2.38. The second-order valence-electron chi connectivity index (χ2n) is 4.79. The third kappa shape index (κ3) is 1.99. The van der Waals surface area contributed by atoms with Crippen LogP contribution in [0.2, 0.25) is 0 Å². The van der Waals surface area contributed by atoms with Crippen LogP contribution in [0.3, 0.4) is 0 Å². The molecule has 0 amide bonds. The molecule has 1 saturated carbocycles. The molecule has 0 spiro atoms. The van der Waals surface area contributed by atoms with Crippen LogP contribution in [0.15, 0.2) is 30.5 Å². The Hall–Kier alpha value is -1.48. The number of carbonyl (C=O) groups is 1. The summed E-state index contributed by atoms with van der Waals surface area (Å²) in [5, 5.41) is 0.944. The number of carbonyl (C=O) groups excluding carboxylic acids is 1. The topological polar surface area (TPSA) is 30.0 Å². The Bertz CT molecular complexity index is 584. The Morgan fingerprint density at radius 1 is 1.33 bits per heavy atom. The molecule has 3 rings (SSSR count). The van der Waals surface area contributed by atoms with Crippen molar-refractivity contribution >= 4 is 17.1 Å². The van der Waals surface area contributed by atoms with Crippen LogP contribution < -0.4 is 0 Å². The van der Waals surface area contributed by atoms with E-state index >= 15 is 0 Å². The summed E-state index contributed by atoms with van der Waals surface area (Å²) < 4.78 is 0. The molecule has 0 radical (unpaired) electrons. The van der Waals surface area contributed by atoms with E-state index in [2.05, 4.69) is 11.1 Å². The second-order valence-corrected chi connectivity index (χ2v) is 6.02. The van der Waals surface area contributed by atoms with Crippen LogP contribution in [0.4, 0.5) is 0 Å². The molecule has 0 unspecified atom stereocenters. The third-order valence-electron chi connectivity index (χ3n) is 3.60. The van der Waals surface area contributed by atoms with E-state index in [0.717, 1.165) is 15.4 Å². The van der Waals surface area contributed by atoms with Gasteiger partial charge < -0.3 is 0 Å². The van der Waals surface area contributed by atoms with Crippen LogP contribution in [-0.2, 0) is 0 Å². The highest BCUT2D eigenvalue weighted by atomic mass is 32.1. The van der Waals surface area contributed by atoms with Gasteiger partial charge in [-0.2, -0.15) is 0 Å². The molecule has 2 aromatic rings. The predicted molar refractivity (Wildman–Crippen MR) is 73.3 cm³/mol. The SMILES string of the molecule is Cc1ncc(C(=O)c2ccccc2C2CCC2)s1. The fraction of sp³-hybridized carbons (Fsp3) is 0.333. The summed E-state index contributed by atoms with van der Waals surface area (Å²) in [5.41, 5.74) is 2.09. The van der Waals surface area contributed by atoms with Crippen molar-refractivity contribution in [1.82, 2.24) is 4.98 Å². The Morgan fingerprint density at radius 2 is 2.11 bits per heavy atom. The number of hydrogen-bond acceptors (Lipinski definition) is 3. The number of aryl methyl sites for hydroxylation is 1. The minimum atomic E-state index is 0.128. The zero-order valence-corrected chi connectivity index (χ0v) is 11.2. The molecule has 1 aliphatic carbocycles. The smallest absolute Gasteiger partial charge is 0.204 e. The molecule has 0 N–H and O–H groups in total. The average Bonchev–Trinajstić information content (AvgIpc) is 2.74. The largest absolute Gasteiger partial charge is 0.288 e. The van der Waals surface area contributed by atoms with Gasteiger partial charge in [0, 0.05) is 11.8 Å². The number of hydrogen-bond donors (Lipinski definition) is 0. The van der Waals surface area contributed by atoms with Gasteiger partial charge in [-0.15, -0.1) is 11.3 Å². The van der Waals surface area contributed by atoms with Crippen molar-refractivity contribution in [3.05, 3.63) is 51.5 Å². The van der Waals surface area contributed by atoms with E-state index in [1.807, 2.05) is 25.1 Å². The lowest BCUT2D eigenvalue weighted by Gasteiger charge is -2.27. The third-order valence-corrected chi connectivity index (χ3v) is 4.51. The monoisotopic (exact) mass is 257 g/mol. The molecule has 1 aromatic heterocycles. The molecular formula is C15H15NOS. The highest BCUT2D eigenvalue weighted by Gasteiger charge is 2.25. The highest BCUT2D eigenvalue weighted by molar-refractivity contribution is 7.13. The van der Waals surface area contributed by atoms with Gasteiger partial charge in [-0.25, -0.2) is 4.98 Å². The summed E-state index contributed by atoms with van der Waals surface area (Å²) >= 11 is 1.48. The first-order chi connectivity index (χ1) is 8.75. The van der Waals surface area contributed by atoms with Crippen LogP contribution in [0.1, 0.15) is 51.0 Å². The minimum absolute atomic E-state index is 0.128. The van der Waals surface area contributed by atoms with Crippen molar-refractivity contribution in [3.8, 4) is 0 Å². The van der Waals surface area contributed by atoms with Gasteiger partial charge in [0.25, 0.3) is 0 Å². The summed E-state index contributed by atoms with van der Waals surface area (Å²) in [4.78, 5) is 17.4. The molecule has 1 heterocycles. The number of benzene rings is 1. The number of ketones is 1. The molecule has 2 nitrogen and oxygen atoms in total. The Labute approximate surface area is 111 Å². The van der Waals surface area contributed by atoms with Crippen molar-refractivity contribution in [1.29, 1.82) is 0 Å².